The molecule has 378 valence electrons. The number of carboxylic acid groups (broad SMARTS) is 1. The molecule has 0 fully saturated rings. The van der Waals surface area contributed by atoms with Crippen molar-refractivity contribution in [2.75, 3.05) is 41.0 Å². The van der Waals surface area contributed by atoms with Gasteiger partial charge in [-0.25, -0.2) is 4.79 Å². The first-order valence-corrected chi connectivity index (χ1v) is 25.5. The van der Waals surface area contributed by atoms with Crippen molar-refractivity contribution in [3.63, 3.8) is 0 Å². The normalized spacial score (nSPS) is 14.2. The van der Waals surface area contributed by atoms with Crippen LogP contribution in [0.5, 0.6) is 0 Å². The first-order valence-electron chi connectivity index (χ1n) is 25.5. The van der Waals surface area contributed by atoms with Gasteiger partial charge in [-0.1, -0.05) is 172 Å². The van der Waals surface area contributed by atoms with Crippen LogP contribution < -0.4 is 0 Å². The number of nitrogens with zero attached hydrogens (tertiary/aromatic N) is 1. The number of ether oxygens (including phenoxy) is 3. The fraction of sp³-hybridized carbons (Fsp3) is 0.517. The molecule has 8 nitrogen and oxygen atoms in total. The van der Waals surface area contributed by atoms with E-state index in [1.54, 1.807) is 0 Å². The van der Waals surface area contributed by atoms with Crippen LogP contribution in [-0.2, 0) is 28.6 Å². The van der Waals surface area contributed by atoms with Crippen LogP contribution in [0.2, 0.25) is 0 Å². The Hall–Kier alpha value is -5.05. The Morgan fingerprint density at radius 1 is 0.441 bits per heavy atom. The Kier molecular flexibility index (Phi) is 44.8. The van der Waals surface area contributed by atoms with E-state index in [1.807, 2.05) is 21.1 Å². The van der Waals surface area contributed by atoms with Crippen LogP contribution in [0.1, 0.15) is 149 Å². The summed E-state index contributed by atoms with van der Waals surface area (Å²) in [7, 11) is 5.48. The molecule has 0 aromatic rings. The van der Waals surface area contributed by atoms with Gasteiger partial charge in [0.1, 0.15) is 6.61 Å². The van der Waals surface area contributed by atoms with Gasteiger partial charge in [0.05, 0.1) is 34.4 Å². The second kappa shape index (κ2) is 48.4. The van der Waals surface area contributed by atoms with Crippen LogP contribution in [0.25, 0.3) is 0 Å². The fourth-order valence-corrected chi connectivity index (χ4v) is 6.32. The Morgan fingerprint density at radius 3 is 1.13 bits per heavy atom. The van der Waals surface area contributed by atoms with Crippen molar-refractivity contribution in [2.45, 2.75) is 161 Å². The molecule has 0 aromatic carbocycles. The van der Waals surface area contributed by atoms with Crippen LogP contribution >= 0.6 is 0 Å². The molecule has 2 atom stereocenters. The van der Waals surface area contributed by atoms with E-state index >= 15 is 0 Å². The van der Waals surface area contributed by atoms with Gasteiger partial charge in [0.2, 0.25) is 0 Å². The lowest BCUT2D eigenvalue weighted by atomic mass is 10.1. The van der Waals surface area contributed by atoms with E-state index in [1.165, 1.54) is 0 Å². The van der Waals surface area contributed by atoms with Crippen LogP contribution in [0.15, 0.2) is 158 Å². The Bertz CT molecular complexity index is 1660. The van der Waals surface area contributed by atoms with Crippen molar-refractivity contribution in [3.8, 4) is 0 Å². The second-order valence-corrected chi connectivity index (χ2v) is 17.3. The molecule has 0 radical (unpaired) electrons. The molecule has 0 amide bonds. The number of quaternary nitrogens is 1. The third-order valence-electron chi connectivity index (χ3n) is 10.2. The summed E-state index contributed by atoms with van der Waals surface area (Å²) in [5, 5.41) is 9.66. The molecule has 2 unspecified atom stereocenters. The molecule has 68 heavy (non-hydrogen) atoms. The molecule has 0 aliphatic rings. The van der Waals surface area contributed by atoms with E-state index in [-0.39, 0.29) is 49.1 Å². The van der Waals surface area contributed by atoms with Crippen molar-refractivity contribution in [1.29, 1.82) is 0 Å². The molecule has 0 bridgehead atoms. The number of esters is 2. The molecular weight excluding hydrogens is 847 g/mol. The number of aliphatic carboxylic acids is 1. The van der Waals surface area contributed by atoms with Gasteiger partial charge < -0.3 is 23.8 Å². The summed E-state index contributed by atoms with van der Waals surface area (Å²) >= 11 is 0. The quantitative estimate of drug-likeness (QED) is 0.0281. The standard InChI is InChI=1S/C60H91NO7/c1-6-8-10-12-14-16-18-20-22-24-26-28-29-31-33-35-37-39-41-43-45-47-49-51-59(63)68-56(54-66-53-52-57(60(64)65)61(3,4)5)55-67-58(62)50-48-46-44-42-40-38-36-34-32-30-27-25-23-21-19-17-15-13-11-9-7-2/h8-11,14-17,20-23,26-28,30-31,33-34,36-37,39-40,42-43,45,56-57H,6-7,12-13,18-19,24-25,29,32,35,38,41,44,46-55H2,1-5H3/p+1/b10-8+,11-9+,16-14+,17-15+,22-20+,23-21+,28-26+,30-27+,33-31+,36-34+,39-37+,42-40+,45-43+. The molecule has 1 N–H and O–H groups in total. The van der Waals surface area contributed by atoms with Crippen molar-refractivity contribution < 1.29 is 38.2 Å². The third kappa shape index (κ3) is 46.1. The number of hydrogen-bond donors (Lipinski definition) is 1. The second-order valence-electron chi connectivity index (χ2n) is 17.3. The van der Waals surface area contributed by atoms with E-state index in [0.29, 0.717) is 19.3 Å². The van der Waals surface area contributed by atoms with Crippen LogP contribution in [0.4, 0.5) is 0 Å². The Morgan fingerprint density at radius 2 is 0.779 bits per heavy atom. The van der Waals surface area contributed by atoms with Crippen molar-refractivity contribution in [1.82, 2.24) is 0 Å². The highest BCUT2D eigenvalue weighted by molar-refractivity contribution is 5.72. The Balaban J connectivity index is 4.49. The highest BCUT2D eigenvalue weighted by atomic mass is 16.6. The predicted octanol–water partition coefficient (Wildman–Crippen LogP) is 15.1. The van der Waals surface area contributed by atoms with E-state index in [2.05, 4.69) is 172 Å². The molecule has 0 spiro atoms. The zero-order valence-corrected chi connectivity index (χ0v) is 43.0. The molecule has 0 aliphatic carbocycles. The summed E-state index contributed by atoms with van der Waals surface area (Å²) in [4.78, 5) is 37.2. The SMILES string of the molecule is CC/C=C/C/C=C/C/C=C/C/C=C/C/C=C/C/C=C/C/C=C/CCCC(=O)OC(COCCC(C(=O)O)[N+](C)(C)C)COC(=O)CCCC/C=C/C/C=C/C/C=C/C/C=C/C/C=C/C/C=C/CC. The average Bonchev–Trinajstić information content (AvgIpc) is 3.30. The topological polar surface area (TPSA) is 99.1 Å². The van der Waals surface area contributed by atoms with Gasteiger partial charge in [0.15, 0.2) is 12.1 Å². The summed E-state index contributed by atoms with van der Waals surface area (Å²) in [6.07, 6.45) is 73.1. The smallest absolute Gasteiger partial charge is 0.362 e. The highest BCUT2D eigenvalue weighted by Gasteiger charge is 2.31. The highest BCUT2D eigenvalue weighted by Crippen LogP contribution is 2.11. The van der Waals surface area contributed by atoms with Gasteiger partial charge in [0, 0.05) is 19.3 Å². The van der Waals surface area contributed by atoms with Gasteiger partial charge in [0.25, 0.3) is 0 Å². The first kappa shape index (κ1) is 63.0. The van der Waals surface area contributed by atoms with Crippen LogP contribution in [-0.4, -0.2) is 80.6 Å². The number of carbonyl (C=O) groups excluding carboxylic acids is 2. The monoisotopic (exact) mass is 939 g/mol. The van der Waals surface area contributed by atoms with Crippen molar-refractivity contribution in [3.05, 3.63) is 158 Å². The maximum Gasteiger partial charge on any atom is 0.362 e. The molecule has 0 saturated heterocycles. The maximum absolute atomic E-state index is 12.8. The molecule has 0 saturated carbocycles. The predicted molar refractivity (Wildman–Crippen MR) is 288 cm³/mol. The summed E-state index contributed by atoms with van der Waals surface area (Å²) in [5.41, 5.74) is 0. The van der Waals surface area contributed by atoms with E-state index in [4.69, 9.17) is 14.2 Å². The average molecular weight is 939 g/mol. The molecule has 0 rings (SSSR count). The minimum absolute atomic E-state index is 0.0110. The number of likely N-dealkylation sites (N-methyl/N-ethyl adjacent to an activating group) is 1. The molecular formula is C60H92NO7+. The molecule has 0 aliphatic heterocycles. The largest absolute Gasteiger partial charge is 0.477 e. The molecule has 0 heterocycles. The zero-order valence-electron chi connectivity index (χ0n) is 43.0. The van der Waals surface area contributed by atoms with Gasteiger partial charge in [-0.2, -0.15) is 0 Å². The lowest BCUT2D eigenvalue weighted by molar-refractivity contribution is -0.887. The van der Waals surface area contributed by atoms with Gasteiger partial charge in [-0.05, 0) is 116 Å². The number of hydrogen-bond acceptors (Lipinski definition) is 6. The summed E-state index contributed by atoms with van der Waals surface area (Å²) in [6.45, 7) is 4.37. The zero-order chi connectivity index (χ0) is 49.9. The van der Waals surface area contributed by atoms with E-state index in [9.17, 15) is 19.5 Å². The van der Waals surface area contributed by atoms with Gasteiger partial charge in [-0.3, -0.25) is 9.59 Å². The first-order chi connectivity index (χ1) is 33.1. The molecule has 0 aromatic heterocycles. The lowest BCUT2D eigenvalue weighted by Crippen LogP contribution is -2.50. The van der Waals surface area contributed by atoms with Crippen LogP contribution in [0.3, 0.4) is 0 Å². The van der Waals surface area contributed by atoms with Gasteiger partial charge >= 0.3 is 17.9 Å². The maximum atomic E-state index is 12.8. The Labute approximate surface area is 414 Å². The molecule has 8 heteroatoms. The van der Waals surface area contributed by atoms with Crippen LogP contribution in [0, 0.1) is 0 Å². The minimum atomic E-state index is -0.898. The summed E-state index contributed by atoms with van der Waals surface area (Å²) < 4.78 is 17.2. The minimum Gasteiger partial charge on any atom is -0.477 e. The van der Waals surface area contributed by atoms with Crippen molar-refractivity contribution >= 4 is 17.9 Å². The number of unbranched alkanes of at least 4 members (excludes halogenated alkanes) is 3. The number of allylic oxidation sites excluding steroid dienone is 26. The summed E-state index contributed by atoms with van der Waals surface area (Å²) in [5.74, 6) is -1.63. The van der Waals surface area contributed by atoms with E-state index in [0.717, 1.165) is 103 Å². The number of rotatable bonds is 43. The van der Waals surface area contributed by atoms with Crippen molar-refractivity contribution in [2.24, 2.45) is 0 Å². The van der Waals surface area contributed by atoms with Gasteiger partial charge in [-0.15, -0.1) is 0 Å². The van der Waals surface area contributed by atoms with E-state index < -0.39 is 18.1 Å². The third-order valence-corrected chi connectivity index (χ3v) is 10.2. The lowest BCUT2D eigenvalue weighted by Gasteiger charge is -2.31. The summed E-state index contributed by atoms with van der Waals surface area (Å²) in [6, 6.07) is -0.644. The number of carboxylic acids is 1. The fourth-order valence-electron chi connectivity index (χ4n) is 6.32. The number of carbonyl (C=O) groups is 3.